The number of nitrogens with two attached hydrogens (primary N) is 1. The van der Waals surface area contributed by atoms with Gasteiger partial charge in [-0.2, -0.15) is 0 Å². The molecule has 0 radical (unpaired) electrons. The van der Waals surface area contributed by atoms with Gasteiger partial charge in [0, 0.05) is 12.6 Å². The number of piperidine rings is 1. The fraction of sp³-hybridized carbons (Fsp3) is 0.471. The monoisotopic (exact) mass is 330 g/mol. The third kappa shape index (κ3) is 3.73. The van der Waals surface area contributed by atoms with Crippen LogP contribution in [0, 0.1) is 0 Å². The molecule has 0 spiro atoms. The molecule has 1 fully saturated rings. The van der Waals surface area contributed by atoms with E-state index in [0.29, 0.717) is 19.0 Å². The Bertz CT molecular complexity index is 722. The molecule has 0 bridgehead atoms. The van der Waals surface area contributed by atoms with Crippen molar-refractivity contribution in [3.05, 3.63) is 24.4 Å². The Hall–Kier alpha value is -2.41. The summed E-state index contributed by atoms with van der Waals surface area (Å²) >= 11 is 0. The van der Waals surface area contributed by atoms with Crippen LogP contribution in [-0.2, 0) is 4.79 Å². The molecular weight excluding hydrogens is 308 g/mol. The molecule has 1 atom stereocenters. The van der Waals surface area contributed by atoms with Crippen LogP contribution < -0.4 is 15.2 Å². The fourth-order valence-corrected chi connectivity index (χ4v) is 3.02. The molecule has 0 aliphatic carbocycles. The molecule has 1 amide bonds. The maximum absolute atomic E-state index is 11.5. The number of rotatable bonds is 6. The molecule has 1 aliphatic heterocycles. The zero-order valence-electron chi connectivity index (χ0n) is 13.8. The zero-order valence-corrected chi connectivity index (χ0v) is 13.8. The average molecular weight is 330 g/mol. The number of ether oxygens (including phenoxy) is 2. The number of carbonyl (C=O) groups is 1. The van der Waals surface area contributed by atoms with Crippen molar-refractivity contribution in [2.45, 2.75) is 25.3 Å². The van der Waals surface area contributed by atoms with Gasteiger partial charge in [0.15, 0.2) is 0 Å². The van der Waals surface area contributed by atoms with Crippen molar-refractivity contribution >= 4 is 16.9 Å². The molecule has 1 aliphatic rings. The van der Waals surface area contributed by atoms with Gasteiger partial charge in [-0.3, -0.25) is 9.69 Å². The van der Waals surface area contributed by atoms with Crippen molar-refractivity contribution < 1.29 is 14.3 Å². The lowest BCUT2D eigenvalue weighted by Crippen LogP contribution is -2.48. The number of aromatic nitrogens is 2. The Morgan fingerprint density at radius 1 is 1.38 bits per heavy atom. The highest BCUT2D eigenvalue weighted by Crippen LogP contribution is 2.20. The highest BCUT2D eigenvalue weighted by atomic mass is 16.5. The zero-order chi connectivity index (χ0) is 16.9. The molecule has 2 aromatic rings. The van der Waals surface area contributed by atoms with Gasteiger partial charge in [-0.05, 0) is 31.5 Å². The second-order valence-corrected chi connectivity index (χ2v) is 5.86. The SMILES string of the molecule is COc1ccc2ncc(OCCN3CCCCC3C(N)=O)nc2c1. The van der Waals surface area contributed by atoms with Crippen molar-refractivity contribution in [3.8, 4) is 11.6 Å². The normalized spacial score (nSPS) is 18.5. The Labute approximate surface area is 140 Å². The molecule has 7 heteroatoms. The Morgan fingerprint density at radius 2 is 2.25 bits per heavy atom. The van der Waals surface area contributed by atoms with Crippen LogP contribution in [0.25, 0.3) is 11.0 Å². The molecule has 128 valence electrons. The van der Waals surface area contributed by atoms with E-state index in [1.54, 1.807) is 13.3 Å². The van der Waals surface area contributed by atoms with E-state index >= 15 is 0 Å². The van der Waals surface area contributed by atoms with Crippen molar-refractivity contribution in [1.29, 1.82) is 0 Å². The van der Waals surface area contributed by atoms with Crippen LogP contribution in [0.4, 0.5) is 0 Å². The van der Waals surface area contributed by atoms with Crippen LogP contribution in [0.2, 0.25) is 0 Å². The van der Waals surface area contributed by atoms with E-state index in [1.165, 1.54) is 0 Å². The highest BCUT2D eigenvalue weighted by Gasteiger charge is 2.26. The molecular formula is C17H22N4O3. The van der Waals surface area contributed by atoms with Crippen molar-refractivity contribution in [1.82, 2.24) is 14.9 Å². The summed E-state index contributed by atoms with van der Waals surface area (Å²) in [4.78, 5) is 22.4. The number of nitrogens with zero attached hydrogens (tertiary/aromatic N) is 3. The van der Waals surface area contributed by atoms with Gasteiger partial charge in [0.2, 0.25) is 11.8 Å². The standard InChI is InChI=1S/C17H22N4O3/c1-23-12-5-6-13-14(10-12)20-16(11-19-13)24-9-8-21-7-3-2-4-15(21)17(18)22/h5-6,10-11,15H,2-4,7-9H2,1H3,(H2,18,22). The number of fused-ring (bicyclic) bond motifs is 1. The summed E-state index contributed by atoms with van der Waals surface area (Å²) in [6, 6.07) is 5.34. The Morgan fingerprint density at radius 3 is 3.04 bits per heavy atom. The second-order valence-electron chi connectivity index (χ2n) is 5.86. The third-order valence-electron chi connectivity index (χ3n) is 4.30. The van der Waals surface area contributed by atoms with Gasteiger partial charge >= 0.3 is 0 Å². The highest BCUT2D eigenvalue weighted by molar-refractivity contribution is 5.80. The summed E-state index contributed by atoms with van der Waals surface area (Å²) in [5.74, 6) is 0.933. The Balaban J connectivity index is 1.61. The van der Waals surface area contributed by atoms with Crippen LogP contribution in [0.3, 0.4) is 0 Å². The Kier molecular flexibility index (Phi) is 5.10. The van der Waals surface area contributed by atoms with Crippen LogP contribution >= 0.6 is 0 Å². The minimum atomic E-state index is -0.257. The van der Waals surface area contributed by atoms with E-state index < -0.39 is 0 Å². The van der Waals surface area contributed by atoms with Crippen LogP contribution in [0.5, 0.6) is 11.6 Å². The van der Waals surface area contributed by atoms with E-state index in [2.05, 4.69) is 14.9 Å². The molecule has 1 unspecified atom stereocenters. The molecule has 2 heterocycles. The minimum absolute atomic E-state index is 0.186. The van der Waals surface area contributed by atoms with E-state index in [4.69, 9.17) is 15.2 Å². The van der Waals surface area contributed by atoms with E-state index in [-0.39, 0.29) is 11.9 Å². The topological polar surface area (TPSA) is 90.6 Å². The van der Waals surface area contributed by atoms with Crippen LogP contribution in [0.1, 0.15) is 19.3 Å². The number of hydrogen-bond donors (Lipinski definition) is 1. The molecule has 24 heavy (non-hydrogen) atoms. The number of primary amides is 1. The lowest BCUT2D eigenvalue weighted by atomic mass is 10.0. The van der Waals surface area contributed by atoms with Gasteiger partial charge in [-0.25, -0.2) is 9.97 Å². The van der Waals surface area contributed by atoms with Gasteiger partial charge in [-0.1, -0.05) is 6.42 Å². The third-order valence-corrected chi connectivity index (χ3v) is 4.30. The first kappa shape index (κ1) is 16.4. The quantitative estimate of drug-likeness (QED) is 0.860. The molecule has 0 saturated carbocycles. The number of benzene rings is 1. The van der Waals surface area contributed by atoms with Gasteiger partial charge in [0.25, 0.3) is 0 Å². The lowest BCUT2D eigenvalue weighted by molar-refractivity contribution is -0.124. The van der Waals surface area contributed by atoms with Crippen LogP contribution in [0.15, 0.2) is 24.4 Å². The number of carbonyl (C=O) groups excluding carboxylic acids is 1. The smallest absolute Gasteiger partial charge is 0.234 e. The number of amides is 1. The molecule has 1 saturated heterocycles. The van der Waals surface area contributed by atoms with E-state index in [9.17, 15) is 4.79 Å². The predicted molar refractivity (Wildman–Crippen MR) is 90.0 cm³/mol. The number of likely N-dealkylation sites (tertiary alicyclic amines) is 1. The van der Waals surface area contributed by atoms with Crippen molar-refractivity contribution in [2.24, 2.45) is 5.73 Å². The molecule has 1 aromatic carbocycles. The maximum Gasteiger partial charge on any atom is 0.234 e. The maximum atomic E-state index is 11.5. The molecule has 3 rings (SSSR count). The predicted octanol–water partition coefficient (Wildman–Crippen LogP) is 1.36. The average Bonchev–Trinajstić information content (AvgIpc) is 2.61. The van der Waals surface area contributed by atoms with E-state index in [0.717, 1.165) is 42.6 Å². The van der Waals surface area contributed by atoms with Gasteiger partial charge in [0.05, 0.1) is 30.4 Å². The first-order valence-electron chi connectivity index (χ1n) is 8.14. The minimum Gasteiger partial charge on any atom is -0.497 e. The van der Waals surface area contributed by atoms with Gasteiger partial charge < -0.3 is 15.2 Å². The largest absolute Gasteiger partial charge is 0.497 e. The second kappa shape index (κ2) is 7.44. The van der Waals surface area contributed by atoms with Gasteiger partial charge in [-0.15, -0.1) is 0 Å². The summed E-state index contributed by atoms with van der Waals surface area (Å²) < 4.78 is 10.9. The van der Waals surface area contributed by atoms with E-state index in [1.807, 2.05) is 18.2 Å². The molecule has 2 N–H and O–H groups in total. The first-order chi connectivity index (χ1) is 11.7. The van der Waals surface area contributed by atoms with Crippen molar-refractivity contribution in [3.63, 3.8) is 0 Å². The van der Waals surface area contributed by atoms with Crippen LogP contribution in [-0.4, -0.2) is 53.6 Å². The summed E-state index contributed by atoms with van der Waals surface area (Å²) in [7, 11) is 1.61. The summed E-state index contributed by atoms with van der Waals surface area (Å²) in [6.07, 6.45) is 4.56. The number of hydrogen-bond acceptors (Lipinski definition) is 6. The summed E-state index contributed by atoms with van der Waals surface area (Å²) in [5.41, 5.74) is 6.98. The molecule has 1 aromatic heterocycles. The summed E-state index contributed by atoms with van der Waals surface area (Å²) in [5, 5.41) is 0. The van der Waals surface area contributed by atoms with Crippen molar-refractivity contribution in [2.75, 3.05) is 26.8 Å². The number of methoxy groups -OCH3 is 1. The molecule has 7 nitrogen and oxygen atoms in total. The lowest BCUT2D eigenvalue weighted by Gasteiger charge is -2.33. The summed E-state index contributed by atoms with van der Waals surface area (Å²) in [6.45, 7) is 1.96. The first-order valence-corrected chi connectivity index (χ1v) is 8.14. The fourth-order valence-electron chi connectivity index (χ4n) is 3.02. The van der Waals surface area contributed by atoms with Gasteiger partial charge in [0.1, 0.15) is 12.4 Å².